The van der Waals surface area contributed by atoms with Gasteiger partial charge in [-0.15, -0.1) is 0 Å². The van der Waals surface area contributed by atoms with Gasteiger partial charge in [-0.25, -0.2) is 4.39 Å². The van der Waals surface area contributed by atoms with Crippen LogP contribution in [0.1, 0.15) is 32.6 Å². The van der Waals surface area contributed by atoms with Gasteiger partial charge in [-0.3, -0.25) is 9.69 Å². The normalized spacial score (nSPS) is 16.4. The average Bonchev–Trinajstić information content (AvgIpc) is 3.13. The van der Waals surface area contributed by atoms with Gasteiger partial charge < -0.3 is 9.47 Å². The van der Waals surface area contributed by atoms with Crippen molar-refractivity contribution in [2.45, 2.75) is 19.9 Å². The highest BCUT2D eigenvalue weighted by atomic mass is 35.5. The molecule has 3 aromatic rings. The molecule has 0 N–H and O–H groups in total. The van der Waals surface area contributed by atoms with Crippen LogP contribution in [0.2, 0.25) is 10.0 Å². The summed E-state index contributed by atoms with van der Waals surface area (Å²) >= 11 is 12.1. The zero-order valence-electron chi connectivity index (χ0n) is 17.8. The summed E-state index contributed by atoms with van der Waals surface area (Å²) in [5.41, 5.74) is 3.36. The van der Waals surface area contributed by atoms with E-state index in [4.69, 9.17) is 32.7 Å². The molecule has 2 heterocycles. The third-order valence-electron chi connectivity index (χ3n) is 5.89. The van der Waals surface area contributed by atoms with Crippen LogP contribution in [-0.2, 0) is 13.0 Å². The molecular formula is C26H20Cl2FNO3. The number of fused-ring (bicyclic) bond motifs is 3. The van der Waals surface area contributed by atoms with Crippen molar-refractivity contribution in [3.05, 3.63) is 98.0 Å². The van der Waals surface area contributed by atoms with Crippen LogP contribution in [0.25, 0.3) is 6.08 Å². The smallest absolute Gasteiger partial charge is 0.232 e. The van der Waals surface area contributed by atoms with E-state index in [1.54, 1.807) is 6.07 Å². The van der Waals surface area contributed by atoms with E-state index >= 15 is 0 Å². The molecule has 0 fully saturated rings. The molecule has 0 spiro atoms. The Morgan fingerprint density at radius 3 is 2.70 bits per heavy atom. The van der Waals surface area contributed by atoms with Crippen molar-refractivity contribution in [1.82, 2.24) is 4.90 Å². The Labute approximate surface area is 201 Å². The molecule has 4 nitrogen and oxygen atoms in total. The first-order valence-electron chi connectivity index (χ1n) is 10.5. The van der Waals surface area contributed by atoms with Gasteiger partial charge in [0.2, 0.25) is 5.78 Å². The number of allylic oxidation sites excluding steroid dienone is 1. The highest BCUT2D eigenvalue weighted by Crippen LogP contribution is 2.44. The molecule has 168 valence electrons. The summed E-state index contributed by atoms with van der Waals surface area (Å²) in [6.45, 7) is 3.63. The zero-order chi connectivity index (χ0) is 23.1. The number of nitrogens with zero attached hydrogens (tertiary/aromatic N) is 1. The second-order valence-corrected chi connectivity index (χ2v) is 9.00. The quantitative estimate of drug-likeness (QED) is 0.399. The fourth-order valence-corrected chi connectivity index (χ4v) is 4.48. The number of ether oxygens (including phenoxy) is 2. The van der Waals surface area contributed by atoms with Crippen LogP contribution >= 0.6 is 23.2 Å². The summed E-state index contributed by atoms with van der Waals surface area (Å²) in [6, 6.07) is 14.0. The standard InChI is InChI=1S/C26H20Cl2FNO3/c1-15-11-22-19(13-30(14-32-22)10-9-16-5-7-17(27)8-6-16)26-24(15)25(31)23(33-26)12-18-20(28)3-2-4-21(18)29/h2-8,11-12H,9-10,13-14H2,1H3/b23-12+. The van der Waals surface area contributed by atoms with E-state index in [1.165, 1.54) is 23.8 Å². The van der Waals surface area contributed by atoms with Gasteiger partial charge in [-0.1, -0.05) is 41.4 Å². The lowest BCUT2D eigenvalue weighted by atomic mass is 9.98. The van der Waals surface area contributed by atoms with Crippen molar-refractivity contribution in [2.75, 3.05) is 13.3 Å². The van der Waals surface area contributed by atoms with Crippen LogP contribution in [0, 0.1) is 12.7 Å². The summed E-state index contributed by atoms with van der Waals surface area (Å²) in [7, 11) is 0. The van der Waals surface area contributed by atoms with Gasteiger partial charge >= 0.3 is 0 Å². The third kappa shape index (κ3) is 4.24. The van der Waals surface area contributed by atoms with Gasteiger partial charge in [0.05, 0.1) is 16.1 Å². The second-order valence-electron chi connectivity index (χ2n) is 8.15. The predicted molar refractivity (Wildman–Crippen MR) is 127 cm³/mol. The number of carbonyl (C=O) groups is 1. The van der Waals surface area contributed by atoms with Crippen molar-refractivity contribution in [3.63, 3.8) is 0 Å². The maximum absolute atomic E-state index is 14.3. The average molecular weight is 484 g/mol. The minimum Gasteiger partial charge on any atom is -0.478 e. The summed E-state index contributed by atoms with van der Waals surface area (Å²) in [4.78, 5) is 15.3. The van der Waals surface area contributed by atoms with E-state index < -0.39 is 5.82 Å². The molecule has 2 aliphatic heterocycles. The van der Waals surface area contributed by atoms with Gasteiger partial charge in [0.25, 0.3) is 0 Å². The fraction of sp³-hybridized carbons (Fsp3) is 0.192. The number of carbonyl (C=O) groups excluding carboxylic acids is 1. The fourth-order valence-electron chi connectivity index (χ4n) is 4.14. The van der Waals surface area contributed by atoms with Crippen LogP contribution in [0.15, 0.2) is 54.3 Å². The molecular weight excluding hydrogens is 464 g/mol. The van der Waals surface area contributed by atoms with Crippen molar-refractivity contribution in [1.29, 1.82) is 0 Å². The van der Waals surface area contributed by atoms with E-state index in [0.717, 1.165) is 24.1 Å². The number of hydrogen-bond acceptors (Lipinski definition) is 4. The largest absolute Gasteiger partial charge is 0.478 e. The summed E-state index contributed by atoms with van der Waals surface area (Å²) in [5, 5.41) is 0.924. The lowest BCUT2D eigenvalue weighted by Gasteiger charge is -2.30. The van der Waals surface area contributed by atoms with Crippen LogP contribution in [0.5, 0.6) is 11.5 Å². The second kappa shape index (κ2) is 8.82. The molecule has 0 saturated heterocycles. The predicted octanol–water partition coefficient (Wildman–Crippen LogP) is 6.45. The maximum atomic E-state index is 14.3. The topological polar surface area (TPSA) is 38.8 Å². The minimum absolute atomic E-state index is 0.0480. The number of halogens is 3. The highest BCUT2D eigenvalue weighted by Gasteiger charge is 2.35. The van der Waals surface area contributed by atoms with Crippen molar-refractivity contribution in [2.24, 2.45) is 0 Å². The van der Waals surface area contributed by atoms with Crippen molar-refractivity contribution >= 4 is 35.1 Å². The SMILES string of the molecule is Cc1cc2c(c3c1C(=O)/C(=C\c1c(F)cccc1Cl)O3)CN(CCc1ccc(Cl)cc1)CO2. The monoisotopic (exact) mass is 483 g/mol. The Kier molecular flexibility index (Phi) is 5.87. The molecule has 2 aliphatic rings. The number of hydrogen-bond donors (Lipinski definition) is 0. The number of aryl methyl sites for hydroxylation is 1. The van der Waals surface area contributed by atoms with Gasteiger partial charge in [-0.05, 0) is 60.9 Å². The Morgan fingerprint density at radius 2 is 1.94 bits per heavy atom. The maximum Gasteiger partial charge on any atom is 0.232 e. The molecule has 0 aliphatic carbocycles. The van der Waals surface area contributed by atoms with Crippen LogP contribution in [0.3, 0.4) is 0 Å². The summed E-state index contributed by atoms with van der Waals surface area (Å²) < 4.78 is 26.3. The Hall–Kier alpha value is -2.86. The molecule has 7 heteroatoms. The van der Waals surface area contributed by atoms with E-state index in [9.17, 15) is 9.18 Å². The molecule has 0 atom stereocenters. The molecule has 33 heavy (non-hydrogen) atoms. The van der Waals surface area contributed by atoms with Gasteiger partial charge in [0.15, 0.2) is 5.76 Å². The minimum atomic E-state index is -0.516. The first-order valence-corrected chi connectivity index (χ1v) is 11.3. The summed E-state index contributed by atoms with van der Waals surface area (Å²) in [6.07, 6.45) is 2.20. The van der Waals surface area contributed by atoms with Crippen molar-refractivity contribution in [3.8, 4) is 11.5 Å². The number of benzene rings is 3. The Balaban J connectivity index is 1.42. The lowest BCUT2D eigenvalue weighted by Crippen LogP contribution is -2.33. The summed E-state index contributed by atoms with van der Waals surface area (Å²) in [5.74, 6) is 0.421. The first kappa shape index (κ1) is 22.0. The number of ketones is 1. The number of rotatable bonds is 4. The van der Waals surface area contributed by atoms with Gasteiger partial charge in [0, 0.05) is 23.7 Å². The third-order valence-corrected chi connectivity index (χ3v) is 6.47. The first-order chi connectivity index (χ1) is 15.9. The molecule has 0 radical (unpaired) electrons. The van der Waals surface area contributed by atoms with Crippen molar-refractivity contribution < 1.29 is 18.7 Å². The van der Waals surface area contributed by atoms with Crippen LogP contribution < -0.4 is 9.47 Å². The van der Waals surface area contributed by atoms with Gasteiger partial charge in [0.1, 0.15) is 24.0 Å². The van der Waals surface area contributed by atoms with Crippen LogP contribution in [-0.4, -0.2) is 24.0 Å². The number of Topliss-reactive ketones (excluding diaryl/α,β-unsaturated/α-hetero) is 1. The molecule has 0 aromatic heterocycles. The van der Waals surface area contributed by atoms with E-state index in [1.807, 2.05) is 37.3 Å². The van der Waals surface area contributed by atoms with Crippen LogP contribution in [0.4, 0.5) is 4.39 Å². The zero-order valence-corrected chi connectivity index (χ0v) is 19.3. The van der Waals surface area contributed by atoms with E-state index in [2.05, 4.69) is 4.90 Å². The van der Waals surface area contributed by atoms with Gasteiger partial charge in [-0.2, -0.15) is 0 Å². The van der Waals surface area contributed by atoms with E-state index in [-0.39, 0.29) is 22.1 Å². The lowest BCUT2D eigenvalue weighted by molar-refractivity contribution is 0.0949. The molecule has 3 aromatic carbocycles. The Morgan fingerprint density at radius 1 is 1.15 bits per heavy atom. The molecule has 0 saturated carbocycles. The molecule has 0 amide bonds. The molecule has 0 unspecified atom stereocenters. The van der Waals surface area contributed by atoms with E-state index in [0.29, 0.717) is 35.4 Å². The highest BCUT2D eigenvalue weighted by molar-refractivity contribution is 6.32. The Bertz CT molecular complexity index is 1270. The molecule has 0 bridgehead atoms. The molecule has 5 rings (SSSR count).